The first-order valence-corrected chi connectivity index (χ1v) is 4.58. The number of rotatable bonds is 2. The number of nitrogens with zero attached hydrogens (tertiary/aromatic N) is 3. The normalized spacial score (nSPS) is 9.87. The van der Waals surface area contributed by atoms with Gasteiger partial charge in [-0.1, -0.05) is 6.07 Å². The van der Waals surface area contributed by atoms with Crippen molar-refractivity contribution in [2.24, 2.45) is 5.73 Å². The molecule has 0 saturated heterocycles. The maximum Gasteiger partial charge on any atom is 0.0992 e. The second-order valence-electron chi connectivity index (χ2n) is 3.10. The molecular formula is C11H10N4. The molecule has 2 N–H and O–H groups in total. The third-order valence-electron chi connectivity index (χ3n) is 2.15. The van der Waals surface area contributed by atoms with Gasteiger partial charge in [0.1, 0.15) is 0 Å². The average Bonchev–Trinajstić information content (AvgIpc) is 2.77. The summed E-state index contributed by atoms with van der Waals surface area (Å²) in [4.78, 5) is 0. The monoisotopic (exact) mass is 198 g/mol. The smallest absolute Gasteiger partial charge is 0.0992 e. The lowest BCUT2D eigenvalue weighted by Gasteiger charge is -2.05. The van der Waals surface area contributed by atoms with Crippen LogP contribution in [0.4, 0.5) is 0 Å². The molecule has 0 aliphatic carbocycles. The van der Waals surface area contributed by atoms with Crippen LogP contribution in [-0.4, -0.2) is 9.78 Å². The van der Waals surface area contributed by atoms with Crippen LogP contribution in [0.5, 0.6) is 0 Å². The SMILES string of the molecule is N#Cc1cccc(-n2nccc2CN)c1. The highest BCUT2D eigenvalue weighted by Gasteiger charge is 2.03. The number of nitrogens with two attached hydrogens (primary N) is 1. The minimum atomic E-state index is 0.427. The second kappa shape index (κ2) is 3.95. The van der Waals surface area contributed by atoms with Crippen LogP contribution < -0.4 is 5.73 Å². The predicted molar refractivity (Wildman–Crippen MR) is 56.2 cm³/mol. The van der Waals surface area contributed by atoms with Crippen molar-refractivity contribution in [1.29, 1.82) is 5.26 Å². The summed E-state index contributed by atoms with van der Waals surface area (Å²) in [6.07, 6.45) is 1.70. The minimum Gasteiger partial charge on any atom is -0.325 e. The molecule has 0 fully saturated rings. The standard InChI is InChI=1S/C11H10N4/c12-7-9-2-1-3-10(6-9)15-11(8-13)4-5-14-15/h1-6H,8,13H2. The molecule has 0 bridgehead atoms. The van der Waals surface area contributed by atoms with Gasteiger partial charge in [0, 0.05) is 12.7 Å². The Morgan fingerprint density at radius 1 is 1.40 bits per heavy atom. The molecule has 2 aromatic rings. The van der Waals surface area contributed by atoms with Gasteiger partial charge in [0.2, 0.25) is 0 Å². The van der Waals surface area contributed by atoms with Crippen LogP contribution >= 0.6 is 0 Å². The fourth-order valence-corrected chi connectivity index (χ4v) is 1.42. The third-order valence-corrected chi connectivity index (χ3v) is 2.15. The largest absolute Gasteiger partial charge is 0.325 e. The van der Waals surface area contributed by atoms with Crippen LogP contribution in [0.2, 0.25) is 0 Å². The maximum atomic E-state index is 8.78. The average molecular weight is 198 g/mol. The molecule has 15 heavy (non-hydrogen) atoms. The van der Waals surface area contributed by atoms with Gasteiger partial charge >= 0.3 is 0 Å². The highest BCUT2D eigenvalue weighted by atomic mass is 15.3. The van der Waals surface area contributed by atoms with E-state index in [0.717, 1.165) is 11.4 Å². The molecule has 74 valence electrons. The van der Waals surface area contributed by atoms with Crippen LogP contribution in [-0.2, 0) is 6.54 Å². The van der Waals surface area contributed by atoms with E-state index in [4.69, 9.17) is 11.0 Å². The zero-order chi connectivity index (χ0) is 10.7. The van der Waals surface area contributed by atoms with Crippen molar-refractivity contribution >= 4 is 0 Å². The zero-order valence-corrected chi connectivity index (χ0v) is 8.09. The summed E-state index contributed by atoms with van der Waals surface area (Å²) in [5.74, 6) is 0. The molecule has 1 aromatic heterocycles. The molecule has 4 nitrogen and oxygen atoms in total. The van der Waals surface area contributed by atoms with Crippen molar-refractivity contribution in [1.82, 2.24) is 9.78 Å². The number of benzene rings is 1. The Labute approximate surface area is 87.6 Å². The summed E-state index contributed by atoms with van der Waals surface area (Å²) < 4.78 is 1.74. The highest BCUT2D eigenvalue weighted by molar-refractivity contribution is 5.41. The van der Waals surface area contributed by atoms with Gasteiger partial charge < -0.3 is 5.73 Å². The molecule has 1 heterocycles. The molecule has 0 spiro atoms. The van der Waals surface area contributed by atoms with Gasteiger partial charge in [0.15, 0.2) is 0 Å². The van der Waals surface area contributed by atoms with Gasteiger partial charge in [-0.05, 0) is 24.3 Å². The summed E-state index contributed by atoms with van der Waals surface area (Å²) in [7, 11) is 0. The molecule has 0 radical (unpaired) electrons. The van der Waals surface area contributed by atoms with E-state index in [0.29, 0.717) is 12.1 Å². The topological polar surface area (TPSA) is 67.6 Å². The lowest BCUT2D eigenvalue weighted by molar-refractivity contribution is 0.803. The van der Waals surface area contributed by atoms with Crippen molar-refractivity contribution in [2.75, 3.05) is 0 Å². The van der Waals surface area contributed by atoms with Crippen molar-refractivity contribution in [3.05, 3.63) is 47.8 Å². The first-order chi connectivity index (χ1) is 7.35. The van der Waals surface area contributed by atoms with Gasteiger partial charge in [-0.2, -0.15) is 10.4 Å². The van der Waals surface area contributed by atoms with E-state index in [1.807, 2.05) is 18.2 Å². The lowest BCUT2D eigenvalue weighted by Crippen LogP contribution is -2.06. The number of hydrogen-bond acceptors (Lipinski definition) is 3. The van der Waals surface area contributed by atoms with Gasteiger partial charge in [0.05, 0.1) is 23.0 Å². The summed E-state index contributed by atoms with van der Waals surface area (Å²) in [6, 6.07) is 11.2. The minimum absolute atomic E-state index is 0.427. The third kappa shape index (κ3) is 1.73. The lowest BCUT2D eigenvalue weighted by atomic mass is 10.2. The molecule has 0 saturated carbocycles. The predicted octanol–water partition coefficient (Wildman–Crippen LogP) is 1.20. The van der Waals surface area contributed by atoms with E-state index >= 15 is 0 Å². The van der Waals surface area contributed by atoms with E-state index in [1.54, 1.807) is 23.0 Å². The Hall–Kier alpha value is -2.12. The van der Waals surface area contributed by atoms with Crippen molar-refractivity contribution < 1.29 is 0 Å². The van der Waals surface area contributed by atoms with Crippen LogP contribution in [0.1, 0.15) is 11.3 Å². The molecule has 1 aromatic carbocycles. The summed E-state index contributed by atoms with van der Waals surface area (Å²) in [5, 5.41) is 12.9. The van der Waals surface area contributed by atoms with Gasteiger partial charge in [0.25, 0.3) is 0 Å². The number of aromatic nitrogens is 2. The van der Waals surface area contributed by atoms with Gasteiger partial charge in [-0.3, -0.25) is 0 Å². The summed E-state index contributed by atoms with van der Waals surface area (Å²) in [5.41, 5.74) is 7.98. The van der Waals surface area contributed by atoms with E-state index in [-0.39, 0.29) is 0 Å². The van der Waals surface area contributed by atoms with E-state index in [2.05, 4.69) is 11.2 Å². The van der Waals surface area contributed by atoms with Crippen LogP contribution in [0, 0.1) is 11.3 Å². The molecule has 0 aliphatic heterocycles. The van der Waals surface area contributed by atoms with E-state index < -0.39 is 0 Å². The fourth-order valence-electron chi connectivity index (χ4n) is 1.42. The molecule has 0 amide bonds. The van der Waals surface area contributed by atoms with E-state index in [1.165, 1.54) is 0 Å². The Bertz CT molecular complexity index is 507. The summed E-state index contributed by atoms with van der Waals surface area (Å²) >= 11 is 0. The molecule has 0 aliphatic rings. The van der Waals surface area contributed by atoms with Gasteiger partial charge in [-0.15, -0.1) is 0 Å². The molecule has 2 rings (SSSR count). The number of hydrogen-bond donors (Lipinski definition) is 1. The first-order valence-electron chi connectivity index (χ1n) is 4.58. The quantitative estimate of drug-likeness (QED) is 0.788. The van der Waals surface area contributed by atoms with Crippen molar-refractivity contribution in [2.45, 2.75) is 6.54 Å². The Morgan fingerprint density at radius 3 is 3.00 bits per heavy atom. The Morgan fingerprint density at radius 2 is 2.27 bits per heavy atom. The number of nitriles is 1. The van der Waals surface area contributed by atoms with Crippen LogP contribution in [0.15, 0.2) is 36.5 Å². The summed E-state index contributed by atoms with van der Waals surface area (Å²) in [6.45, 7) is 0.427. The van der Waals surface area contributed by atoms with Crippen LogP contribution in [0.3, 0.4) is 0 Å². The van der Waals surface area contributed by atoms with Gasteiger partial charge in [-0.25, -0.2) is 4.68 Å². The fraction of sp³-hybridized carbons (Fsp3) is 0.0909. The Balaban J connectivity index is 2.50. The van der Waals surface area contributed by atoms with E-state index in [9.17, 15) is 0 Å². The molecule has 0 unspecified atom stereocenters. The van der Waals surface area contributed by atoms with Crippen molar-refractivity contribution in [3.63, 3.8) is 0 Å². The maximum absolute atomic E-state index is 8.78. The first kappa shape index (κ1) is 9.44. The molecule has 0 atom stereocenters. The Kier molecular flexibility index (Phi) is 2.48. The zero-order valence-electron chi connectivity index (χ0n) is 8.09. The van der Waals surface area contributed by atoms with Crippen molar-refractivity contribution in [3.8, 4) is 11.8 Å². The van der Waals surface area contributed by atoms with Crippen LogP contribution in [0.25, 0.3) is 5.69 Å². The molecule has 4 heteroatoms. The second-order valence-corrected chi connectivity index (χ2v) is 3.10. The molecular weight excluding hydrogens is 188 g/mol. The highest BCUT2D eigenvalue weighted by Crippen LogP contribution is 2.11.